The number of nitrogens with one attached hydrogen (secondary N) is 2. The van der Waals surface area contributed by atoms with Gasteiger partial charge in [-0.15, -0.1) is 0 Å². The number of carbonyl (C=O) groups excluding carboxylic acids is 1. The van der Waals surface area contributed by atoms with Gasteiger partial charge in [-0.3, -0.25) is 4.79 Å². The summed E-state index contributed by atoms with van der Waals surface area (Å²) in [4.78, 5) is 18.9. The molecule has 0 saturated heterocycles. The van der Waals surface area contributed by atoms with Crippen molar-refractivity contribution in [3.05, 3.63) is 59.9 Å². The molecule has 2 N–H and O–H groups in total. The lowest BCUT2D eigenvalue weighted by Gasteiger charge is -2.07. The van der Waals surface area contributed by atoms with Crippen molar-refractivity contribution in [1.82, 2.24) is 15.4 Å². The van der Waals surface area contributed by atoms with Crippen LogP contribution in [0.5, 0.6) is 5.75 Å². The number of nitrogens with zero attached hydrogens (tertiary/aromatic N) is 2. The summed E-state index contributed by atoms with van der Waals surface area (Å²) in [5, 5.41) is 3.93. The molecule has 6 nitrogen and oxygen atoms in total. The standard InChI is InChI=1S/C17H16N4O2/c1-12-4-2-3-5-16(12)23-10-17(22)21-20-9-13-6-7-14-15(8-13)19-11-18-14/h2-9,11H,10H2,1H3,(H,18,19)(H,21,22)/b20-9+. The van der Waals surface area contributed by atoms with Gasteiger partial charge >= 0.3 is 0 Å². The topological polar surface area (TPSA) is 79.4 Å². The highest BCUT2D eigenvalue weighted by Crippen LogP contribution is 2.15. The van der Waals surface area contributed by atoms with Gasteiger partial charge in [0.2, 0.25) is 0 Å². The summed E-state index contributed by atoms with van der Waals surface area (Å²) in [5.74, 6) is 0.378. The molecule has 6 heteroatoms. The van der Waals surface area contributed by atoms with E-state index in [2.05, 4.69) is 20.5 Å². The van der Waals surface area contributed by atoms with Crippen molar-refractivity contribution in [3.63, 3.8) is 0 Å². The number of hydrogen-bond acceptors (Lipinski definition) is 4. The van der Waals surface area contributed by atoms with E-state index in [1.807, 2.05) is 49.4 Å². The van der Waals surface area contributed by atoms with Crippen molar-refractivity contribution in [1.29, 1.82) is 0 Å². The van der Waals surface area contributed by atoms with E-state index in [0.29, 0.717) is 5.75 Å². The van der Waals surface area contributed by atoms with Crippen LogP contribution in [0.2, 0.25) is 0 Å². The number of aromatic amines is 1. The number of hydrogen-bond donors (Lipinski definition) is 2. The van der Waals surface area contributed by atoms with Gasteiger partial charge in [0.15, 0.2) is 6.61 Å². The minimum absolute atomic E-state index is 0.0816. The highest BCUT2D eigenvalue weighted by atomic mass is 16.5. The van der Waals surface area contributed by atoms with Crippen LogP contribution in [0, 0.1) is 6.92 Å². The molecule has 23 heavy (non-hydrogen) atoms. The number of hydrazone groups is 1. The van der Waals surface area contributed by atoms with Crippen LogP contribution in [0.3, 0.4) is 0 Å². The van der Waals surface area contributed by atoms with Gasteiger partial charge in [-0.05, 0) is 36.2 Å². The number of amides is 1. The van der Waals surface area contributed by atoms with Crippen LogP contribution in [0.25, 0.3) is 11.0 Å². The van der Waals surface area contributed by atoms with Gasteiger partial charge in [0.05, 0.1) is 23.6 Å². The SMILES string of the molecule is Cc1ccccc1OCC(=O)N/N=C/c1ccc2nc[nH]c2c1. The van der Waals surface area contributed by atoms with E-state index in [0.717, 1.165) is 22.2 Å². The Hall–Kier alpha value is -3.15. The second kappa shape index (κ2) is 6.74. The molecule has 3 rings (SSSR count). The van der Waals surface area contributed by atoms with E-state index in [-0.39, 0.29) is 12.5 Å². The molecule has 0 saturated carbocycles. The molecular formula is C17H16N4O2. The number of para-hydroxylation sites is 1. The number of imidazole rings is 1. The predicted octanol–water partition coefficient (Wildman–Crippen LogP) is 2.40. The van der Waals surface area contributed by atoms with Gasteiger partial charge in [-0.2, -0.15) is 5.10 Å². The molecular weight excluding hydrogens is 292 g/mol. The second-order valence-electron chi connectivity index (χ2n) is 5.03. The molecule has 1 amide bonds. The van der Waals surface area contributed by atoms with E-state index >= 15 is 0 Å². The van der Waals surface area contributed by atoms with Crippen LogP contribution in [-0.4, -0.2) is 28.7 Å². The van der Waals surface area contributed by atoms with Gasteiger partial charge in [-0.1, -0.05) is 24.3 Å². The smallest absolute Gasteiger partial charge is 0.277 e. The summed E-state index contributed by atoms with van der Waals surface area (Å²) < 4.78 is 5.45. The van der Waals surface area contributed by atoms with Crippen molar-refractivity contribution in [2.45, 2.75) is 6.92 Å². The summed E-state index contributed by atoms with van der Waals surface area (Å²) in [6.45, 7) is 1.85. The van der Waals surface area contributed by atoms with Crippen molar-refractivity contribution in [3.8, 4) is 5.75 Å². The quantitative estimate of drug-likeness (QED) is 0.561. The average Bonchev–Trinajstić information content (AvgIpc) is 3.02. The number of H-pyrrole nitrogens is 1. The number of rotatable bonds is 5. The summed E-state index contributed by atoms with van der Waals surface area (Å²) in [5.41, 5.74) is 6.09. The van der Waals surface area contributed by atoms with E-state index < -0.39 is 0 Å². The zero-order chi connectivity index (χ0) is 16.1. The maximum atomic E-state index is 11.7. The normalized spacial score (nSPS) is 11.0. The molecule has 0 aliphatic heterocycles. The fourth-order valence-electron chi connectivity index (χ4n) is 2.11. The molecule has 0 aliphatic rings. The van der Waals surface area contributed by atoms with Crippen LogP contribution in [0.4, 0.5) is 0 Å². The van der Waals surface area contributed by atoms with Gasteiger partial charge in [0.1, 0.15) is 5.75 Å². The predicted molar refractivity (Wildman–Crippen MR) is 88.5 cm³/mol. The summed E-state index contributed by atoms with van der Waals surface area (Å²) >= 11 is 0. The minimum Gasteiger partial charge on any atom is -0.483 e. The molecule has 0 radical (unpaired) electrons. The second-order valence-corrected chi connectivity index (χ2v) is 5.03. The first-order chi connectivity index (χ1) is 11.2. The Bertz CT molecular complexity index is 854. The molecule has 1 aromatic heterocycles. The van der Waals surface area contributed by atoms with E-state index in [9.17, 15) is 4.79 Å². The lowest BCUT2D eigenvalue weighted by molar-refractivity contribution is -0.123. The van der Waals surface area contributed by atoms with Crippen molar-refractivity contribution in [2.75, 3.05) is 6.61 Å². The first-order valence-electron chi connectivity index (χ1n) is 7.16. The van der Waals surface area contributed by atoms with Gasteiger partial charge in [0.25, 0.3) is 5.91 Å². The summed E-state index contributed by atoms with van der Waals surface area (Å²) in [7, 11) is 0. The summed E-state index contributed by atoms with van der Waals surface area (Å²) in [6.07, 6.45) is 3.21. The van der Waals surface area contributed by atoms with Crippen LogP contribution >= 0.6 is 0 Å². The maximum absolute atomic E-state index is 11.7. The van der Waals surface area contributed by atoms with Gasteiger partial charge in [-0.25, -0.2) is 10.4 Å². The third kappa shape index (κ3) is 3.74. The van der Waals surface area contributed by atoms with Crippen molar-refractivity contribution >= 4 is 23.2 Å². The highest BCUT2D eigenvalue weighted by molar-refractivity contribution is 5.87. The zero-order valence-corrected chi connectivity index (χ0v) is 12.6. The van der Waals surface area contributed by atoms with Gasteiger partial charge < -0.3 is 9.72 Å². The van der Waals surface area contributed by atoms with Gasteiger partial charge in [0, 0.05) is 0 Å². The third-order valence-corrected chi connectivity index (χ3v) is 3.30. The highest BCUT2D eigenvalue weighted by Gasteiger charge is 2.03. The van der Waals surface area contributed by atoms with Crippen LogP contribution in [-0.2, 0) is 4.79 Å². The molecule has 3 aromatic rings. The molecule has 116 valence electrons. The lowest BCUT2D eigenvalue weighted by atomic mass is 10.2. The number of benzene rings is 2. The Balaban J connectivity index is 1.53. The molecule has 0 fully saturated rings. The van der Waals surface area contributed by atoms with Crippen LogP contribution in [0.15, 0.2) is 53.9 Å². The number of aryl methyl sites for hydroxylation is 1. The first kappa shape index (κ1) is 14.8. The van der Waals surface area contributed by atoms with E-state index in [4.69, 9.17) is 4.74 Å². The molecule has 0 unspecified atom stereocenters. The first-order valence-corrected chi connectivity index (χ1v) is 7.16. The summed E-state index contributed by atoms with van der Waals surface area (Å²) in [6, 6.07) is 13.2. The van der Waals surface area contributed by atoms with Crippen molar-refractivity contribution < 1.29 is 9.53 Å². The molecule has 0 aliphatic carbocycles. The number of ether oxygens (including phenoxy) is 1. The van der Waals surface area contributed by atoms with E-state index in [1.165, 1.54) is 0 Å². The maximum Gasteiger partial charge on any atom is 0.277 e. The number of aromatic nitrogens is 2. The lowest BCUT2D eigenvalue weighted by Crippen LogP contribution is -2.24. The fourth-order valence-corrected chi connectivity index (χ4v) is 2.11. The molecule has 0 spiro atoms. The van der Waals surface area contributed by atoms with Crippen LogP contribution < -0.4 is 10.2 Å². The Morgan fingerprint density at radius 3 is 3.09 bits per heavy atom. The Labute approximate surface area is 133 Å². The average molecular weight is 308 g/mol. The van der Waals surface area contributed by atoms with Crippen molar-refractivity contribution in [2.24, 2.45) is 5.10 Å². The van der Waals surface area contributed by atoms with E-state index in [1.54, 1.807) is 12.5 Å². The Kier molecular flexibility index (Phi) is 4.33. The Morgan fingerprint density at radius 2 is 2.22 bits per heavy atom. The molecule has 0 bridgehead atoms. The molecule has 0 atom stereocenters. The number of carbonyl (C=O) groups is 1. The molecule has 1 heterocycles. The molecule has 2 aromatic carbocycles. The zero-order valence-electron chi connectivity index (χ0n) is 12.6. The largest absolute Gasteiger partial charge is 0.483 e. The fraction of sp³-hybridized carbons (Fsp3) is 0.118. The minimum atomic E-state index is -0.313. The third-order valence-electron chi connectivity index (χ3n) is 3.30. The van der Waals surface area contributed by atoms with Crippen LogP contribution in [0.1, 0.15) is 11.1 Å². The Morgan fingerprint density at radius 1 is 1.35 bits per heavy atom. The monoisotopic (exact) mass is 308 g/mol. The number of fused-ring (bicyclic) bond motifs is 1.